The molecule has 0 bridgehead atoms. The molecule has 1 aromatic rings. The zero-order valence-electron chi connectivity index (χ0n) is 7.79. The van der Waals surface area contributed by atoms with Crippen LogP contribution in [-0.4, -0.2) is 10.0 Å². The van der Waals surface area contributed by atoms with E-state index >= 15 is 0 Å². The summed E-state index contributed by atoms with van der Waals surface area (Å²) in [5.74, 6) is 0.142. The normalized spacial score (nSPS) is 10.1. The zero-order valence-corrected chi connectivity index (χ0v) is 7.79. The molecule has 0 aliphatic rings. The summed E-state index contributed by atoms with van der Waals surface area (Å²) in [5, 5.41) is 20.0. The van der Waals surface area contributed by atoms with E-state index in [0.29, 0.717) is 16.7 Å². The van der Waals surface area contributed by atoms with E-state index in [-0.39, 0.29) is 11.4 Å². The highest BCUT2D eigenvalue weighted by Gasteiger charge is 2.16. The van der Waals surface area contributed by atoms with Gasteiger partial charge in [-0.05, 0) is 26.3 Å². The molecule has 0 heterocycles. The van der Waals surface area contributed by atoms with E-state index in [2.05, 4.69) is 0 Å². The predicted molar refractivity (Wildman–Crippen MR) is 49.0 cm³/mol. The molecule has 0 radical (unpaired) electrons. The van der Waals surface area contributed by atoms with Crippen molar-refractivity contribution >= 4 is 5.69 Å². The summed E-state index contributed by atoms with van der Waals surface area (Å²) in [7, 11) is 0. The third-order valence-corrected chi connectivity index (χ3v) is 2.23. The number of benzene rings is 1. The molecule has 0 unspecified atom stereocenters. The van der Waals surface area contributed by atoms with Gasteiger partial charge in [0.2, 0.25) is 0 Å². The Hall–Kier alpha value is -1.58. The number of aromatic hydroxyl groups is 1. The summed E-state index contributed by atoms with van der Waals surface area (Å²) in [6, 6.07) is 1.39. The van der Waals surface area contributed by atoms with E-state index < -0.39 is 4.92 Å². The maximum atomic E-state index is 10.6. The number of hydrogen-bond acceptors (Lipinski definition) is 3. The van der Waals surface area contributed by atoms with Crippen molar-refractivity contribution in [2.24, 2.45) is 0 Å². The van der Waals surface area contributed by atoms with Crippen molar-refractivity contribution < 1.29 is 10.0 Å². The fraction of sp³-hybridized carbons (Fsp3) is 0.333. The van der Waals surface area contributed by atoms with Crippen molar-refractivity contribution in [3.63, 3.8) is 0 Å². The second kappa shape index (κ2) is 3.05. The van der Waals surface area contributed by atoms with E-state index in [4.69, 9.17) is 0 Å². The van der Waals surface area contributed by atoms with Gasteiger partial charge in [-0.3, -0.25) is 10.1 Å². The summed E-state index contributed by atoms with van der Waals surface area (Å²) in [5.41, 5.74) is 1.70. The van der Waals surface area contributed by atoms with E-state index in [1.165, 1.54) is 6.07 Å². The van der Waals surface area contributed by atoms with Crippen molar-refractivity contribution in [1.82, 2.24) is 0 Å². The molecular weight excluding hydrogens is 170 g/mol. The van der Waals surface area contributed by atoms with Crippen LogP contribution in [-0.2, 0) is 0 Å². The standard InChI is InChI=1S/C9H11NO3/c1-5-4-8(10(12)13)6(2)7(3)9(5)11/h4,11H,1-3H3. The van der Waals surface area contributed by atoms with Crippen molar-refractivity contribution in [3.05, 3.63) is 32.9 Å². The number of nitrogens with zero attached hydrogens (tertiary/aromatic N) is 1. The van der Waals surface area contributed by atoms with Crippen LogP contribution < -0.4 is 0 Å². The third kappa shape index (κ3) is 1.47. The smallest absolute Gasteiger partial charge is 0.273 e. The first-order valence-electron chi connectivity index (χ1n) is 3.89. The van der Waals surface area contributed by atoms with Gasteiger partial charge in [0.1, 0.15) is 5.75 Å². The summed E-state index contributed by atoms with van der Waals surface area (Å²) >= 11 is 0. The molecule has 1 rings (SSSR count). The van der Waals surface area contributed by atoms with E-state index in [1.807, 2.05) is 0 Å². The van der Waals surface area contributed by atoms with E-state index in [9.17, 15) is 15.2 Å². The van der Waals surface area contributed by atoms with Crippen LogP contribution >= 0.6 is 0 Å². The van der Waals surface area contributed by atoms with Crippen LogP contribution in [0.3, 0.4) is 0 Å². The van der Waals surface area contributed by atoms with Crippen LogP contribution in [0.2, 0.25) is 0 Å². The summed E-state index contributed by atoms with van der Waals surface area (Å²) in [6.45, 7) is 4.95. The average molecular weight is 181 g/mol. The fourth-order valence-electron chi connectivity index (χ4n) is 1.24. The van der Waals surface area contributed by atoms with E-state index in [1.54, 1.807) is 20.8 Å². The predicted octanol–water partition coefficient (Wildman–Crippen LogP) is 2.23. The van der Waals surface area contributed by atoms with Gasteiger partial charge in [0, 0.05) is 17.2 Å². The van der Waals surface area contributed by atoms with Gasteiger partial charge in [0.15, 0.2) is 0 Å². The van der Waals surface area contributed by atoms with Crippen LogP contribution in [0, 0.1) is 30.9 Å². The Kier molecular flexibility index (Phi) is 2.23. The van der Waals surface area contributed by atoms with Gasteiger partial charge in [-0.15, -0.1) is 0 Å². The van der Waals surface area contributed by atoms with E-state index in [0.717, 1.165) is 0 Å². The van der Waals surface area contributed by atoms with Crippen LogP contribution in [0.15, 0.2) is 6.07 Å². The topological polar surface area (TPSA) is 63.4 Å². The Morgan fingerprint density at radius 1 is 1.31 bits per heavy atom. The maximum absolute atomic E-state index is 10.6. The number of phenolic OH excluding ortho intramolecular Hbond substituents is 1. The Bertz CT molecular complexity index is 372. The molecule has 4 heteroatoms. The Balaban J connectivity index is 3.50. The molecular formula is C9H11NO3. The lowest BCUT2D eigenvalue weighted by Gasteiger charge is -2.06. The Labute approximate surface area is 76.0 Å². The lowest BCUT2D eigenvalue weighted by atomic mass is 10.0. The molecule has 0 aromatic heterocycles. The van der Waals surface area contributed by atoms with Crippen LogP contribution in [0.4, 0.5) is 5.69 Å². The number of hydrogen-bond donors (Lipinski definition) is 1. The van der Waals surface area contributed by atoms with Crippen LogP contribution in [0.5, 0.6) is 5.75 Å². The minimum atomic E-state index is -0.436. The first kappa shape index (κ1) is 9.51. The molecule has 1 N–H and O–H groups in total. The number of rotatable bonds is 1. The third-order valence-electron chi connectivity index (χ3n) is 2.23. The first-order valence-corrected chi connectivity index (χ1v) is 3.89. The second-order valence-corrected chi connectivity index (χ2v) is 3.07. The first-order chi connectivity index (χ1) is 5.95. The molecule has 13 heavy (non-hydrogen) atoms. The minimum Gasteiger partial charge on any atom is -0.507 e. The molecule has 0 amide bonds. The molecule has 0 atom stereocenters. The molecule has 0 saturated carbocycles. The quantitative estimate of drug-likeness (QED) is 0.533. The summed E-state index contributed by atoms with van der Waals surface area (Å²) in [6.07, 6.45) is 0. The number of nitro benzene ring substituents is 1. The van der Waals surface area contributed by atoms with Crippen molar-refractivity contribution in [1.29, 1.82) is 0 Å². The van der Waals surface area contributed by atoms with Gasteiger partial charge in [-0.2, -0.15) is 0 Å². The summed E-state index contributed by atoms with van der Waals surface area (Å²) < 4.78 is 0. The molecule has 0 aliphatic heterocycles. The van der Waals surface area contributed by atoms with Gasteiger partial charge in [0.25, 0.3) is 5.69 Å². The maximum Gasteiger partial charge on any atom is 0.273 e. The van der Waals surface area contributed by atoms with Crippen molar-refractivity contribution in [3.8, 4) is 5.75 Å². The summed E-state index contributed by atoms with van der Waals surface area (Å²) in [4.78, 5) is 10.1. The SMILES string of the molecule is Cc1cc([N+](=O)[O-])c(C)c(C)c1O. The molecule has 0 aliphatic carbocycles. The molecule has 70 valence electrons. The van der Waals surface area contributed by atoms with Crippen LogP contribution in [0.25, 0.3) is 0 Å². The van der Waals surface area contributed by atoms with Gasteiger partial charge in [-0.25, -0.2) is 0 Å². The largest absolute Gasteiger partial charge is 0.507 e. The molecule has 4 nitrogen and oxygen atoms in total. The monoisotopic (exact) mass is 181 g/mol. The molecule has 0 spiro atoms. The minimum absolute atomic E-state index is 0.0628. The van der Waals surface area contributed by atoms with Gasteiger partial charge < -0.3 is 5.11 Å². The molecule has 0 fully saturated rings. The lowest BCUT2D eigenvalue weighted by Crippen LogP contribution is -1.95. The second-order valence-electron chi connectivity index (χ2n) is 3.07. The molecule has 1 aromatic carbocycles. The zero-order chi connectivity index (χ0) is 10.2. The van der Waals surface area contributed by atoms with Gasteiger partial charge >= 0.3 is 0 Å². The number of nitro groups is 1. The van der Waals surface area contributed by atoms with Gasteiger partial charge in [-0.1, -0.05) is 0 Å². The Morgan fingerprint density at radius 3 is 2.31 bits per heavy atom. The highest BCUT2D eigenvalue weighted by Crippen LogP contribution is 2.31. The van der Waals surface area contributed by atoms with Crippen molar-refractivity contribution in [2.75, 3.05) is 0 Å². The molecule has 0 saturated heterocycles. The Morgan fingerprint density at radius 2 is 1.85 bits per heavy atom. The van der Waals surface area contributed by atoms with Gasteiger partial charge in [0.05, 0.1) is 4.92 Å². The highest BCUT2D eigenvalue weighted by atomic mass is 16.6. The number of aryl methyl sites for hydroxylation is 1. The highest BCUT2D eigenvalue weighted by molar-refractivity contribution is 5.54. The lowest BCUT2D eigenvalue weighted by molar-refractivity contribution is -0.385. The number of phenols is 1. The van der Waals surface area contributed by atoms with Crippen LogP contribution in [0.1, 0.15) is 16.7 Å². The average Bonchev–Trinajstić information content (AvgIpc) is 2.07. The van der Waals surface area contributed by atoms with Crippen molar-refractivity contribution in [2.45, 2.75) is 20.8 Å². The fourth-order valence-corrected chi connectivity index (χ4v) is 1.24.